The fourth-order valence-electron chi connectivity index (χ4n) is 3.60. The average Bonchev–Trinajstić information content (AvgIpc) is 2.82. The third kappa shape index (κ3) is 2.46. The molecule has 0 radical (unpaired) electrons. The van der Waals surface area contributed by atoms with Crippen LogP contribution in [0, 0.1) is 5.41 Å². The highest BCUT2D eigenvalue weighted by atomic mass is 35.5. The van der Waals surface area contributed by atoms with Crippen molar-refractivity contribution in [2.75, 3.05) is 6.54 Å². The molecule has 20 heavy (non-hydrogen) atoms. The van der Waals surface area contributed by atoms with E-state index in [2.05, 4.69) is 24.4 Å². The molecule has 0 saturated heterocycles. The van der Waals surface area contributed by atoms with Gasteiger partial charge in [0.05, 0.1) is 5.38 Å². The van der Waals surface area contributed by atoms with Crippen LogP contribution in [0.2, 0.25) is 0 Å². The number of alkyl halides is 1. The Bertz CT molecular complexity index is 520. The molecule has 0 bridgehead atoms. The third-order valence-electron chi connectivity index (χ3n) is 4.94. The lowest BCUT2D eigenvalue weighted by Gasteiger charge is -2.30. The Labute approximate surface area is 125 Å². The van der Waals surface area contributed by atoms with Gasteiger partial charge in [0.25, 0.3) is 5.91 Å². The van der Waals surface area contributed by atoms with Gasteiger partial charge >= 0.3 is 0 Å². The van der Waals surface area contributed by atoms with Crippen molar-refractivity contribution in [1.29, 1.82) is 0 Å². The molecule has 1 heterocycles. The molecule has 2 aliphatic rings. The number of carbonyl (C=O) groups is 1. The molecule has 1 aliphatic heterocycles. The standard InChI is InChI=1S/C17H22ClNO/c1-17(8-2-3-9-17)15(18)13-7-6-12-5-4-10-19-16(20)14(12)11-13/h6-7,11,15H,2-5,8-10H2,1H3,(H,19,20). The number of aryl methyl sites for hydroxylation is 1. The first kappa shape index (κ1) is 13.9. The summed E-state index contributed by atoms with van der Waals surface area (Å²) in [6, 6.07) is 6.25. The van der Waals surface area contributed by atoms with Crippen LogP contribution in [0.25, 0.3) is 0 Å². The lowest BCUT2D eigenvalue weighted by Crippen LogP contribution is -2.23. The Morgan fingerprint density at radius 3 is 2.75 bits per heavy atom. The number of halogens is 1. The number of hydrogen-bond donors (Lipinski definition) is 1. The average molecular weight is 292 g/mol. The summed E-state index contributed by atoms with van der Waals surface area (Å²) in [5.74, 6) is 0.0554. The Morgan fingerprint density at radius 1 is 1.25 bits per heavy atom. The Morgan fingerprint density at radius 2 is 2.00 bits per heavy atom. The van der Waals surface area contributed by atoms with Gasteiger partial charge in [0.2, 0.25) is 0 Å². The van der Waals surface area contributed by atoms with E-state index < -0.39 is 0 Å². The Hall–Kier alpha value is -1.02. The van der Waals surface area contributed by atoms with Crippen molar-refractivity contribution >= 4 is 17.5 Å². The van der Waals surface area contributed by atoms with E-state index in [0.29, 0.717) is 0 Å². The van der Waals surface area contributed by atoms with E-state index in [0.717, 1.165) is 36.1 Å². The van der Waals surface area contributed by atoms with Crippen LogP contribution in [-0.2, 0) is 6.42 Å². The molecule has 3 rings (SSSR count). The first-order valence-corrected chi connectivity index (χ1v) is 8.09. The molecule has 3 heteroatoms. The van der Waals surface area contributed by atoms with Gasteiger partial charge in [-0.25, -0.2) is 0 Å². The lowest BCUT2D eigenvalue weighted by molar-refractivity contribution is 0.0956. The van der Waals surface area contributed by atoms with Gasteiger partial charge in [0, 0.05) is 12.1 Å². The summed E-state index contributed by atoms with van der Waals surface area (Å²) in [7, 11) is 0. The van der Waals surface area contributed by atoms with E-state index in [9.17, 15) is 4.79 Å². The summed E-state index contributed by atoms with van der Waals surface area (Å²) in [5.41, 5.74) is 3.26. The maximum atomic E-state index is 12.1. The number of fused-ring (bicyclic) bond motifs is 1. The van der Waals surface area contributed by atoms with E-state index in [1.807, 2.05) is 6.07 Å². The summed E-state index contributed by atoms with van der Waals surface area (Å²) in [6.07, 6.45) is 6.89. The van der Waals surface area contributed by atoms with Gasteiger partial charge in [0.15, 0.2) is 0 Å². The van der Waals surface area contributed by atoms with Crippen molar-refractivity contribution in [2.45, 2.75) is 50.8 Å². The second-order valence-electron chi connectivity index (χ2n) is 6.50. The number of rotatable bonds is 2. The van der Waals surface area contributed by atoms with Gasteiger partial charge in [-0.05, 0) is 48.3 Å². The molecule has 1 aliphatic carbocycles. The van der Waals surface area contributed by atoms with Crippen molar-refractivity contribution in [3.63, 3.8) is 0 Å². The van der Waals surface area contributed by atoms with E-state index in [4.69, 9.17) is 11.6 Å². The molecule has 1 unspecified atom stereocenters. The van der Waals surface area contributed by atoms with Crippen LogP contribution in [0.5, 0.6) is 0 Å². The molecule has 1 aromatic rings. The smallest absolute Gasteiger partial charge is 0.251 e. The molecule has 1 saturated carbocycles. The highest BCUT2D eigenvalue weighted by Gasteiger charge is 2.37. The summed E-state index contributed by atoms with van der Waals surface area (Å²) >= 11 is 6.75. The third-order valence-corrected chi connectivity index (χ3v) is 5.72. The van der Waals surface area contributed by atoms with E-state index in [-0.39, 0.29) is 16.7 Å². The monoisotopic (exact) mass is 291 g/mol. The summed E-state index contributed by atoms with van der Waals surface area (Å²) in [5, 5.41) is 2.97. The van der Waals surface area contributed by atoms with Crippen LogP contribution in [0.15, 0.2) is 18.2 Å². The summed E-state index contributed by atoms with van der Waals surface area (Å²) in [4.78, 5) is 12.1. The van der Waals surface area contributed by atoms with Gasteiger partial charge in [-0.2, -0.15) is 0 Å². The highest BCUT2D eigenvalue weighted by Crippen LogP contribution is 2.50. The number of hydrogen-bond acceptors (Lipinski definition) is 1. The number of nitrogens with one attached hydrogen (secondary N) is 1. The summed E-state index contributed by atoms with van der Waals surface area (Å²) in [6.45, 7) is 3.05. The van der Waals surface area contributed by atoms with Crippen LogP contribution in [0.4, 0.5) is 0 Å². The molecule has 1 atom stereocenters. The molecule has 1 N–H and O–H groups in total. The van der Waals surface area contributed by atoms with Crippen LogP contribution in [0.1, 0.15) is 65.9 Å². The second kappa shape index (κ2) is 5.40. The normalized spacial score (nSPS) is 22.8. The topological polar surface area (TPSA) is 29.1 Å². The van der Waals surface area contributed by atoms with Crippen molar-refractivity contribution < 1.29 is 4.79 Å². The van der Waals surface area contributed by atoms with Crippen LogP contribution >= 0.6 is 11.6 Å². The molecule has 0 aromatic heterocycles. The zero-order chi connectivity index (χ0) is 14.2. The lowest BCUT2D eigenvalue weighted by atomic mass is 9.81. The minimum Gasteiger partial charge on any atom is -0.352 e. The second-order valence-corrected chi connectivity index (χ2v) is 6.94. The molecule has 108 valence electrons. The van der Waals surface area contributed by atoms with Gasteiger partial charge in [0.1, 0.15) is 0 Å². The molecule has 1 fully saturated rings. The number of benzene rings is 1. The van der Waals surface area contributed by atoms with Crippen LogP contribution < -0.4 is 5.32 Å². The predicted molar refractivity (Wildman–Crippen MR) is 82.3 cm³/mol. The van der Waals surface area contributed by atoms with Crippen molar-refractivity contribution in [3.8, 4) is 0 Å². The molecule has 1 amide bonds. The predicted octanol–water partition coefficient (Wildman–Crippen LogP) is 4.22. The number of amides is 1. The quantitative estimate of drug-likeness (QED) is 0.812. The highest BCUT2D eigenvalue weighted by molar-refractivity contribution is 6.21. The van der Waals surface area contributed by atoms with E-state index >= 15 is 0 Å². The van der Waals surface area contributed by atoms with E-state index in [1.165, 1.54) is 25.7 Å². The van der Waals surface area contributed by atoms with Crippen molar-refractivity contribution in [1.82, 2.24) is 5.32 Å². The first-order valence-electron chi connectivity index (χ1n) is 7.65. The maximum Gasteiger partial charge on any atom is 0.251 e. The van der Waals surface area contributed by atoms with Crippen molar-refractivity contribution in [3.05, 3.63) is 34.9 Å². The minimum atomic E-state index is 0.00588. The molecule has 2 nitrogen and oxygen atoms in total. The fraction of sp³-hybridized carbons (Fsp3) is 0.588. The minimum absolute atomic E-state index is 0.00588. The van der Waals surface area contributed by atoms with Crippen LogP contribution in [0.3, 0.4) is 0 Å². The molecular weight excluding hydrogens is 270 g/mol. The molecular formula is C17H22ClNO. The van der Waals surface area contributed by atoms with Crippen molar-refractivity contribution in [2.24, 2.45) is 5.41 Å². The first-order chi connectivity index (χ1) is 9.60. The Balaban J connectivity index is 1.93. The number of carbonyl (C=O) groups excluding carboxylic acids is 1. The maximum absolute atomic E-state index is 12.1. The molecule has 0 spiro atoms. The SMILES string of the molecule is CC1(C(Cl)c2ccc3c(c2)C(=O)NCCC3)CCCC1. The van der Waals surface area contributed by atoms with Gasteiger partial charge < -0.3 is 5.32 Å². The van der Waals surface area contributed by atoms with Crippen LogP contribution in [-0.4, -0.2) is 12.5 Å². The summed E-state index contributed by atoms with van der Waals surface area (Å²) < 4.78 is 0. The Kier molecular flexibility index (Phi) is 3.76. The largest absolute Gasteiger partial charge is 0.352 e. The zero-order valence-electron chi connectivity index (χ0n) is 12.0. The van der Waals surface area contributed by atoms with Gasteiger partial charge in [-0.1, -0.05) is 31.9 Å². The zero-order valence-corrected chi connectivity index (χ0v) is 12.8. The van der Waals surface area contributed by atoms with Gasteiger partial charge in [-0.15, -0.1) is 11.6 Å². The molecule has 1 aromatic carbocycles. The van der Waals surface area contributed by atoms with Gasteiger partial charge in [-0.3, -0.25) is 4.79 Å². The fourth-order valence-corrected chi connectivity index (χ4v) is 3.95. The van der Waals surface area contributed by atoms with E-state index in [1.54, 1.807) is 0 Å².